The lowest BCUT2D eigenvalue weighted by Crippen LogP contribution is -2.19. The summed E-state index contributed by atoms with van der Waals surface area (Å²) < 4.78 is 6.89. The minimum atomic E-state index is -0.180. The molecule has 2 aromatic carbocycles. The second kappa shape index (κ2) is 6.78. The van der Waals surface area contributed by atoms with Crippen LogP contribution in [0.3, 0.4) is 0 Å². The minimum absolute atomic E-state index is 0.180. The fourth-order valence-corrected chi connectivity index (χ4v) is 3.10. The fourth-order valence-electron chi connectivity index (χ4n) is 2.98. The Balaban J connectivity index is 2.25. The van der Waals surface area contributed by atoms with Crippen molar-refractivity contribution >= 4 is 34.1 Å². The van der Waals surface area contributed by atoms with E-state index in [9.17, 15) is 10.0 Å². The molecule has 0 spiro atoms. The van der Waals surface area contributed by atoms with Gasteiger partial charge in [0.1, 0.15) is 5.75 Å². The number of benzene rings is 2. The van der Waals surface area contributed by atoms with E-state index in [2.05, 4.69) is 0 Å². The number of anilines is 1. The van der Waals surface area contributed by atoms with Gasteiger partial charge in [-0.1, -0.05) is 11.6 Å². The molecule has 0 fully saturated rings. The Morgan fingerprint density at radius 1 is 1.24 bits per heavy atom. The van der Waals surface area contributed by atoms with Gasteiger partial charge in [-0.05, 0) is 56.3 Å². The number of hydrogen-bond acceptors (Lipinski definition) is 4. The average molecular weight is 359 g/mol. The zero-order valence-corrected chi connectivity index (χ0v) is 15.0. The normalized spacial score (nSPS) is 10.9. The van der Waals surface area contributed by atoms with Gasteiger partial charge >= 0.3 is 0 Å². The third-order valence-corrected chi connectivity index (χ3v) is 4.48. The summed E-state index contributed by atoms with van der Waals surface area (Å²) >= 11 is 5.91. The lowest BCUT2D eigenvalue weighted by molar-refractivity contribution is 0.0963. The molecule has 0 aliphatic heterocycles. The molecule has 0 atom stereocenters. The highest BCUT2D eigenvalue weighted by Crippen LogP contribution is 2.35. The van der Waals surface area contributed by atoms with Crippen LogP contribution in [0.4, 0.5) is 5.69 Å². The van der Waals surface area contributed by atoms with Crippen molar-refractivity contribution in [1.82, 2.24) is 4.57 Å². The standard InChI is InChI=1S/C19H19ClN2O3/c1-4-21(24)18-12(2)22(17-10-9-15(25-3)11-16(17)18)19(23)13-5-7-14(20)8-6-13/h5-11,24H,4H2,1-3H3. The number of hydroxylamine groups is 1. The first-order valence-corrected chi connectivity index (χ1v) is 8.31. The third-order valence-electron chi connectivity index (χ3n) is 4.23. The molecular formula is C19H19ClN2O3. The molecule has 3 aromatic rings. The highest BCUT2D eigenvalue weighted by Gasteiger charge is 2.22. The molecule has 1 heterocycles. The van der Waals surface area contributed by atoms with Crippen LogP contribution in [0.25, 0.3) is 10.9 Å². The maximum atomic E-state index is 13.1. The van der Waals surface area contributed by atoms with Crippen LogP contribution in [0.1, 0.15) is 23.0 Å². The maximum Gasteiger partial charge on any atom is 0.262 e. The Hall–Kier alpha value is -2.50. The largest absolute Gasteiger partial charge is 0.497 e. The van der Waals surface area contributed by atoms with E-state index >= 15 is 0 Å². The van der Waals surface area contributed by atoms with Crippen LogP contribution in [0.15, 0.2) is 42.5 Å². The Morgan fingerprint density at radius 2 is 1.92 bits per heavy atom. The van der Waals surface area contributed by atoms with E-state index in [4.69, 9.17) is 16.3 Å². The van der Waals surface area contributed by atoms with E-state index in [-0.39, 0.29) is 5.91 Å². The van der Waals surface area contributed by atoms with Crippen molar-refractivity contribution in [2.45, 2.75) is 13.8 Å². The molecule has 0 bridgehead atoms. The van der Waals surface area contributed by atoms with Gasteiger partial charge in [0.25, 0.3) is 5.91 Å². The molecule has 0 saturated carbocycles. The van der Waals surface area contributed by atoms with Gasteiger partial charge in [-0.15, -0.1) is 0 Å². The molecule has 0 aliphatic rings. The van der Waals surface area contributed by atoms with Crippen molar-refractivity contribution in [2.24, 2.45) is 0 Å². The molecule has 1 N–H and O–H groups in total. The molecular weight excluding hydrogens is 340 g/mol. The van der Waals surface area contributed by atoms with Gasteiger partial charge in [-0.3, -0.25) is 19.6 Å². The van der Waals surface area contributed by atoms with Crippen molar-refractivity contribution < 1.29 is 14.7 Å². The number of aromatic nitrogens is 1. The molecule has 0 radical (unpaired) electrons. The van der Waals surface area contributed by atoms with Crippen LogP contribution in [-0.2, 0) is 0 Å². The van der Waals surface area contributed by atoms with Crippen LogP contribution < -0.4 is 9.80 Å². The van der Waals surface area contributed by atoms with Gasteiger partial charge in [-0.25, -0.2) is 0 Å². The number of carbonyl (C=O) groups excluding carboxylic acids is 1. The Bertz CT molecular complexity index is 932. The lowest BCUT2D eigenvalue weighted by Gasteiger charge is -2.15. The second-order valence-electron chi connectivity index (χ2n) is 5.68. The molecule has 1 aromatic heterocycles. The highest BCUT2D eigenvalue weighted by molar-refractivity contribution is 6.30. The first kappa shape index (κ1) is 17.3. The lowest BCUT2D eigenvalue weighted by atomic mass is 10.2. The van der Waals surface area contributed by atoms with Crippen molar-refractivity contribution in [3.05, 3.63) is 58.7 Å². The quantitative estimate of drug-likeness (QED) is 0.697. The molecule has 0 amide bonds. The van der Waals surface area contributed by atoms with E-state index in [0.717, 1.165) is 10.4 Å². The summed E-state index contributed by atoms with van der Waals surface area (Å²) in [6.07, 6.45) is 0. The summed E-state index contributed by atoms with van der Waals surface area (Å²) in [6.45, 7) is 4.05. The monoisotopic (exact) mass is 358 g/mol. The first-order chi connectivity index (χ1) is 12.0. The number of rotatable bonds is 4. The molecule has 25 heavy (non-hydrogen) atoms. The molecule has 6 heteroatoms. The number of methoxy groups -OCH3 is 1. The van der Waals surface area contributed by atoms with Gasteiger partial charge in [0, 0.05) is 28.2 Å². The number of fused-ring (bicyclic) bond motifs is 1. The molecule has 0 unspecified atom stereocenters. The summed E-state index contributed by atoms with van der Waals surface area (Å²) in [5.74, 6) is 0.481. The van der Waals surface area contributed by atoms with Crippen molar-refractivity contribution in [3.8, 4) is 5.75 Å². The number of ether oxygens (including phenoxy) is 1. The second-order valence-corrected chi connectivity index (χ2v) is 6.12. The molecule has 0 aliphatic carbocycles. The van der Waals surface area contributed by atoms with E-state index < -0.39 is 0 Å². The van der Waals surface area contributed by atoms with E-state index in [1.807, 2.05) is 26.0 Å². The number of halogens is 1. The zero-order chi connectivity index (χ0) is 18.1. The molecule has 0 saturated heterocycles. The molecule has 3 rings (SSSR count). The Labute approximate surface area is 151 Å². The van der Waals surface area contributed by atoms with Crippen LogP contribution in [-0.4, -0.2) is 29.3 Å². The van der Waals surface area contributed by atoms with E-state index in [1.165, 1.54) is 0 Å². The fraction of sp³-hybridized carbons (Fsp3) is 0.211. The van der Waals surface area contributed by atoms with Gasteiger partial charge < -0.3 is 4.74 Å². The Morgan fingerprint density at radius 3 is 2.52 bits per heavy atom. The summed E-state index contributed by atoms with van der Waals surface area (Å²) in [7, 11) is 1.58. The summed E-state index contributed by atoms with van der Waals surface area (Å²) in [5, 5.41) is 12.8. The SMILES string of the molecule is CCN(O)c1c(C)n(C(=O)c2ccc(Cl)cc2)c2ccc(OC)cc12. The van der Waals surface area contributed by atoms with Gasteiger partial charge in [0.15, 0.2) is 0 Å². The smallest absolute Gasteiger partial charge is 0.262 e. The Kier molecular flexibility index (Phi) is 4.70. The molecule has 130 valence electrons. The van der Waals surface area contributed by atoms with Crippen LogP contribution in [0.5, 0.6) is 5.75 Å². The van der Waals surface area contributed by atoms with Crippen LogP contribution in [0, 0.1) is 6.92 Å². The van der Waals surface area contributed by atoms with Crippen LogP contribution in [0.2, 0.25) is 5.02 Å². The first-order valence-electron chi connectivity index (χ1n) is 7.93. The summed E-state index contributed by atoms with van der Waals surface area (Å²) in [6, 6.07) is 12.2. The van der Waals surface area contributed by atoms with Crippen molar-refractivity contribution in [2.75, 3.05) is 18.7 Å². The molecule has 5 nitrogen and oxygen atoms in total. The number of carbonyl (C=O) groups is 1. The average Bonchev–Trinajstić information content (AvgIpc) is 2.92. The van der Waals surface area contributed by atoms with Crippen molar-refractivity contribution in [3.63, 3.8) is 0 Å². The predicted molar refractivity (Wildman–Crippen MR) is 99.2 cm³/mol. The zero-order valence-electron chi connectivity index (χ0n) is 14.3. The predicted octanol–water partition coefficient (Wildman–Crippen LogP) is 4.52. The van der Waals surface area contributed by atoms with Crippen molar-refractivity contribution in [1.29, 1.82) is 0 Å². The van der Waals surface area contributed by atoms with E-state index in [1.54, 1.807) is 42.0 Å². The topological polar surface area (TPSA) is 54.7 Å². The third kappa shape index (κ3) is 2.97. The highest BCUT2D eigenvalue weighted by atomic mass is 35.5. The van der Waals surface area contributed by atoms with Crippen LogP contribution >= 0.6 is 11.6 Å². The summed E-state index contributed by atoms with van der Waals surface area (Å²) in [4.78, 5) is 13.1. The van der Waals surface area contributed by atoms with Gasteiger partial charge in [-0.2, -0.15) is 0 Å². The minimum Gasteiger partial charge on any atom is -0.497 e. The van der Waals surface area contributed by atoms with Gasteiger partial charge in [0.05, 0.1) is 18.3 Å². The van der Waals surface area contributed by atoms with Gasteiger partial charge in [0.2, 0.25) is 0 Å². The maximum absolute atomic E-state index is 13.1. The number of hydrogen-bond donors (Lipinski definition) is 1. The number of nitrogens with zero attached hydrogens (tertiary/aromatic N) is 2. The summed E-state index contributed by atoms with van der Waals surface area (Å²) in [5.41, 5.74) is 2.49. The van der Waals surface area contributed by atoms with E-state index in [0.29, 0.717) is 39.8 Å².